The summed E-state index contributed by atoms with van der Waals surface area (Å²) in [6.45, 7) is 8.47. The summed E-state index contributed by atoms with van der Waals surface area (Å²) in [6.07, 6.45) is 2.16. The second kappa shape index (κ2) is 6.93. The van der Waals surface area contributed by atoms with Gasteiger partial charge in [-0.2, -0.15) is 0 Å². The predicted octanol–water partition coefficient (Wildman–Crippen LogP) is 4.31. The fourth-order valence-electron chi connectivity index (χ4n) is 1.76. The Labute approximate surface area is 118 Å². The molecule has 0 aliphatic carbocycles. The Hall–Kier alpha value is -0.830. The highest BCUT2D eigenvalue weighted by atomic mass is 79.9. The van der Waals surface area contributed by atoms with Gasteiger partial charge in [-0.3, -0.25) is 4.79 Å². The van der Waals surface area contributed by atoms with E-state index >= 15 is 0 Å². The van der Waals surface area contributed by atoms with Crippen molar-refractivity contribution in [1.29, 1.82) is 0 Å². The zero-order valence-corrected chi connectivity index (χ0v) is 13.2. The van der Waals surface area contributed by atoms with E-state index < -0.39 is 0 Å². The summed E-state index contributed by atoms with van der Waals surface area (Å²) in [5.41, 5.74) is 1.85. The summed E-state index contributed by atoms with van der Waals surface area (Å²) in [7, 11) is 0. The van der Waals surface area contributed by atoms with Crippen LogP contribution >= 0.6 is 15.9 Å². The van der Waals surface area contributed by atoms with Gasteiger partial charge >= 0.3 is 0 Å². The first kappa shape index (κ1) is 15.2. The van der Waals surface area contributed by atoms with E-state index in [4.69, 9.17) is 0 Å². The Morgan fingerprint density at radius 1 is 1.28 bits per heavy atom. The van der Waals surface area contributed by atoms with Crippen molar-refractivity contribution in [3.8, 4) is 0 Å². The molecule has 0 aromatic heterocycles. The highest BCUT2D eigenvalue weighted by Crippen LogP contribution is 2.18. The topological polar surface area (TPSA) is 29.1 Å². The average molecular weight is 312 g/mol. The smallest absolute Gasteiger partial charge is 0.252 e. The SMILES string of the molecule is Cc1ccc(C(=O)NC(C)CCC(C)C)c(Br)c1. The van der Waals surface area contributed by atoms with Gasteiger partial charge in [0.2, 0.25) is 0 Å². The summed E-state index contributed by atoms with van der Waals surface area (Å²) in [6, 6.07) is 6.00. The van der Waals surface area contributed by atoms with Crippen LogP contribution in [0.2, 0.25) is 0 Å². The lowest BCUT2D eigenvalue weighted by molar-refractivity contribution is 0.0936. The molecule has 2 nitrogen and oxygen atoms in total. The fraction of sp³-hybridized carbons (Fsp3) is 0.533. The van der Waals surface area contributed by atoms with Gasteiger partial charge in [-0.05, 0) is 66.2 Å². The number of nitrogens with one attached hydrogen (secondary N) is 1. The molecule has 1 aromatic carbocycles. The monoisotopic (exact) mass is 311 g/mol. The van der Waals surface area contributed by atoms with Gasteiger partial charge in [0.15, 0.2) is 0 Å². The van der Waals surface area contributed by atoms with Crippen LogP contribution < -0.4 is 5.32 Å². The van der Waals surface area contributed by atoms with Crippen molar-refractivity contribution in [2.24, 2.45) is 5.92 Å². The van der Waals surface area contributed by atoms with E-state index in [1.54, 1.807) is 0 Å². The van der Waals surface area contributed by atoms with E-state index in [1.807, 2.05) is 25.1 Å². The summed E-state index contributed by atoms with van der Waals surface area (Å²) < 4.78 is 0.857. The van der Waals surface area contributed by atoms with Crippen molar-refractivity contribution in [2.75, 3.05) is 0 Å². The van der Waals surface area contributed by atoms with Crippen molar-refractivity contribution in [3.05, 3.63) is 33.8 Å². The van der Waals surface area contributed by atoms with Crippen LogP contribution in [0.1, 0.15) is 49.5 Å². The van der Waals surface area contributed by atoms with Gasteiger partial charge in [0.1, 0.15) is 0 Å². The number of carbonyl (C=O) groups is 1. The van der Waals surface area contributed by atoms with Crippen molar-refractivity contribution < 1.29 is 4.79 Å². The molecule has 1 rings (SSSR count). The molecule has 1 N–H and O–H groups in total. The Kier molecular flexibility index (Phi) is 5.86. The van der Waals surface area contributed by atoms with Gasteiger partial charge in [0.05, 0.1) is 5.56 Å². The van der Waals surface area contributed by atoms with Crippen LogP contribution in [-0.2, 0) is 0 Å². The van der Waals surface area contributed by atoms with E-state index in [0.717, 1.165) is 22.9 Å². The number of hydrogen-bond donors (Lipinski definition) is 1. The van der Waals surface area contributed by atoms with E-state index in [1.165, 1.54) is 0 Å². The van der Waals surface area contributed by atoms with Gasteiger partial charge < -0.3 is 5.32 Å². The first-order valence-electron chi connectivity index (χ1n) is 6.47. The van der Waals surface area contributed by atoms with E-state index in [9.17, 15) is 4.79 Å². The van der Waals surface area contributed by atoms with Crippen molar-refractivity contribution in [2.45, 2.75) is 46.6 Å². The Morgan fingerprint density at radius 2 is 1.94 bits per heavy atom. The van der Waals surface area contributed by atoms with Crippen LogP contribution in [0.15, 0.2) is 22.7 Å². The largest absolute Gasteiger partial charge is 0.350 e. The average Bonchev–Trinajstić information content (AvgIpc) is 2.26. The minimum absolute atomic E-state index is 0.00173. The third-order valence-electron chi connectivity index (χ3n) is 2.92. The van der Waals surface area contributed by atoms with Crippen LogP contribution in [0.3, 0.4) is 0 Å². The normalized spacial score (nSPS) is 12.6. The lowest BCUT2D eigenvalue weighted by atomic mass is 10.0. The summed E-state index contributed by atoms with van der Waals surface area (Å²) in [5.74, 6) is 0.675. The summed E-state index contributed by atoms with van der Waals surface area (Å²) in [4.78, 5) is 12.1. The molecule has 0 aliphatic heterocycles. The maximum atomic E-state index is 12.1. The van der Waals surface area contributed by atoms with Gasteiger partial charge in [0, 0.05) is 10.5 Å². The molecule has 0 heterocycles. The Bertz CT molecular complexity index is 415. The molecular formula is C15H22BrNO. The van der Waals surface area contributed by atoms with Gasteiger partial charge in [-0.25, -0.2) is 0 Å². The van der Waals surface area contributed by atoms with Crippen molar-refractivity contribution >= 4 is 21.8 Å². The third-order valence-corrected chi connectivity index (χ3v) is 3.58. The number of amides is 1. The zero-order valence-electron chi connectivity index (χ0n) is 11.6. The first-order valence-corrected chi connectivity index (χ1v) is 7.26. The number of hydrogen-bond acceptors (Lipinski definition) is 1. The van der Waals surface area contributed by atoms with Crippen LogP contribution in [0.4, 0.5) is 0 Å². The van der Waals surface area contributed by atoms with Crippen molar-refractivity contribution in [3.63, 3.8) is 0 Å². The molecule has 1 amide bonds. The Balaban J connectivity index is 2.59. The van der Waals surface area contributed by atoms with Crippen LogP contribution in [0, 0.1) is 12.8 Å². The highest BCUT2D eigenvalue weighted by Gasteiger charge is 2.12. The fourth-order valence-corrected chi connectivity index (χ4v) is 2.43. The molecule has 1 atom stereocenters. The zero-order chi connectivity index (χ0) is 13.7. The molecule has 1 aromatic rings. The molecule has 100 valence electrons. The van der Waals surface area contributed by atoms with Crippen molar-refractivity contribution in [1.82, 2.24) is 5.32 Å². The molecular weight excluding hydrogens is 290 g/mol. The van der Waals surface area contributed by atoms with Crippen LogP contribution in [-0.4, -0.2) is 11.9 Å². The van der Waals surface area contributed by atoms with Gasteiger partial charge in [0.25, 0.3) is 5.91 Å². The number of benzene rings is 1. The molecule has 0 aliphatic rings. The second-order valence-electron chi connectivity index (χ2n) is 5.33. The van der Waals surface area contributed by atoms with Gasteiger partial charge in [-0.1, -0.05) is 19.9 Å². The molecule has 0 radical (unpaired) electrons. The predicted molar refractivity (Wildman–Crippen MR) is 79.9 cm³/mol. The van der Waals surface area contributed by atoms with E-state index in [0.29, 0.717) is 11.5 Å². The number of rotatable bonds is 5. The molecule has 18 heavy (non-hydrogen) atoms. The van der Waals surface area contributed by atoms with Crippen LogP contribution in [0.5, 0.6) is 0 Å². The first-order chi connectivity index (χ1) is 8.40. The standard InChI is InChI=1S/C15H22BrNO/c1-10(2)5-7-12(4)17-15(18)13-8-6-11(3)9-14(13)16/h6,8-10,12H,5,7H2,1-4H3,(H,17,18). The quantitative estimate of drug-likeness (QED) is 0.862. The maximum Gasteiger partial charge on any atom is 0.252 e. The lowest BCUT2D eigenvalue weighted by Gasteiger charge is -2.15. The highest BCUT2D eigenvalue weighted by molar-refractivity contribution is 9.10. The molecule has 0 fully saturated rings. The molecule has 0 saturated carbocycles. The molecule has 1 unspecified atom stereocenters. The number of halogens is 1. The molecule has 0 bridgehead atoms. The van der Waals surface area contributed by atoms with E-state index in [2.05, 4.69) is 42.0 Å². The molecule has 0 spiro atoms. The molecule has 0 saturated heterocycles. The summed E-state index contributed by atoms with van der Waals surface area (Å²) >= 11 is 3.44. The minimum atomic E-state index is -0.00173. The van der Waals surface area contributed by atoms with E-state index in [-0.39, 0.29) is 11.9 Å². The number of aryl methyl sites for hydroxylation is 1. The third kappa shape index (κ3) is 4.81. The van der Waals surface area contributed by atoms with Crippen LogP contribution in [0.25, 0.3) is 0 Å². The Morgan fingerprint density at radius 3 is 2.50 bits per heavy atom. The molecule has 3 heteroatoms. The maximum absolute atomic E-state index is 12.1. The summed E-state index contributed by atoms with van der Waals surface area (Å²) in [5, 5.41) is 3.04. The second-order valence-corrected chi connectivity index (χ2v) is 6.18. The number of carbonyl (C=O) groups excluding carboxylic acids is 1. The van der Waals surface area contributed by atoms with Gasteiger partial charge in [-0.15, -0.1) is 0 Å². The minimum Gasteiger partial charge on any atom is -0.350 e. The lowest BCUT2D eigenvalue weighted by Crippen LogP contribution is -2.32.